The molecule has 1 aromatic rings. The molecule has 0 bridgehead atoms. The molecular weight excluding hydrogens is 306 g/mol. The lowest BCUT2D eigenvalue weighted by molar-refractivity contribution is 0.204. The van der Waals surface area contributed by atoms with Crippen LogP contribution in [0.1, 0.15) is 5.56 Å². The summed E-state index contributed by atoms with van der Waals surface area (Å²) in [6, 6.07) is 3.59. The van der Waals surface area contributed by atoms with E-state index in [0.717, 1.165) is 5.56 Å². The minimum absolute atomic E-state index is 0.410. The fraction of sp³-hybridized carbons (Fsp3) is 0.429. The lowest BCUT2D eigenvalue weighted by atomic mass is 10.2. The molecule has 1 rings (SSSR count). The third-order valence-corrected chi connectivity index (χ3v) is 2.93. The molecular formula is C14H21N3O4S. The lowest BCUT2D eigenvalue weighted by Crippen LogP contribution is -2.34. The van der Waals surface area contributed by atoms with Gasteiger partial charge in [0.1, 0.15) is 0 Å². The molecule has 8 heteroatoms. The SMILES string of the molecule is COCCNC(=S)N/N=C\c1ccc(OC)c(OC)c1OC. The average Bonchev–Trinajstić information content (AvgIpc) is 2.54. The topological polar surface area (TPSA) is 73.3 Å². The molecule has 0 amide bonds. The summed E-state index contributed by atoms with van der Waals surface area (Å²) in [6.45, 7) is 1.17. The molecule has 7 nitrogen and oxygen atoms in total. The van der Waals surface area contributed by atoms with Crippen LogP contribution in [0.25, 0.3) is 0 Å². The van der Waals surface area contributed by atoms with Gasteiger partial charge in [0.25, 0.3) is 0 Å². The quantitative estimate of drug-likeness (QED) is 0.321. The molecule has 0 spiro atoms. The van der Waals surface area contributed by atoms with Crippen LogP contribution in [-0.4, -0.2) is 52.9 Å². The summed E-state index contributed by atoms with van der Waals surface area (Å²) in [5, 5.41) is 7.42. The van der Waals surface area contributed by atoms with Crippen molar-refractivity contribution in [2.45, 2.75) is 0 Å². The minimum Gasteiger partial charge on any atom is -0.493 e. The Kier molecular flexibility index (Phi) is 8.01. The third-order valence-electron chi connectivity index (χ3n) is 2.70. The Labute approximate surface area is 135 Å². The zero-order valence-corrected chi connectivity index (χ0v) is 14.0. The molecule has 22 heavy (non-hydrogen) atoms. The standard InChI is InChI=1S/C14H21N3O4S/c1-18-8-7-15-14(22)17-16-9-10-5-6-11(19-2)13(21-4)12(10)20-3/h5-6,9H,7-8H2,1-4H3,(H2,15,17,22)/b16-9-. The van der Waals surface area contributed by atoms with E-state index in [1.54, 1.807) is 40.7 Å². The fourth-order valence-corrected chi connectivity index (χ4v) is 1.85. The number of hydrogen-bond acceptors (Lipinski definition) is 6. The summed E-state index contributed by atoms with van der Waals surface area (Å²) < 4.78 is 20.8. The van der Waals surface area contributed by atoms with E-state index in [1.165, 1.54) is 0 Å². The number of benzene rings is 1. The summed E-state index contributed by atoms with van der Waals surface area (Å²) in [4.78, 5) is 0. The number of nitrogens with one attached hydrogen (secondary N) is 2. The van der Waals surface area contributed by atoms with Crippen LogP contribution in [0.5, 0.6) is 17.2 Å². The number of hydrazone groups is 1. The molecule has 0 saturated carbocycles. The maximum Gasteiger partial charge on any atom is 0.203 e. The number of ether oxygens (including phenoxy) is 4. The van der Waals surface area contributed by atoms with Crippen molar-refractivity contribution in [3.8, 4) is 17.2 Å². The Morgan fingerprint density at radius 1 is 1.14 bits per heavy atom. The van der Waals surface area contributed by atoms with E-state index in [0.29, 0.717) is 35.5 Å². The van der Waals surface area contributed by atoms with E-state index in [9.17, 15) is 0 Å². The Bertz CT molecular complexity index is 523. The molecule has 0 aliphatic heterocycles. The van der Waals surface area contributed by atoms with Crippen LogP contribution in [0.2, 0.25) is 0 Å². The first kappa shape index (κ1) is 18.0. The Balaban J connectivity index is 2.76. The van der Waals surface area contributed by atoms with Gasteiger partial charge in [-0.2, -0.15) is 5.10 Å². The molecule has 0 heterocycles. The monoisotopic (exact) mass is 327 g/mol. The van der Waals surface area contributed by atoms with Crippen LogP contribution in [-0.2, 0) is 4.74 Å². The maximum absolute atomic E-state index is 5.36. The Hall–Kier alpha value is -2.06. The van der Waals surface area contributed by atoms with Crippen LogP contribution in [0.15, 0.2) is 17.2 Å². The van der Waals surface area contributed by atoms with Gasteiger partial charge >= 0.3 is 0 Å². The van der Waals surface area contributed by atoms with Crippen molar-refractivity contribution in [1.29, 1.82) is 0 Å². The fourth-order valence-electron chi connectivity index (χ4n) is 1.69. The molecule has 0 atom stereocenters. The first-order valence-electron chi connectivity index (χ1n) is 6.52. The average molecular weight is 327 g/mol. The summed E-state index contributed by atoms with van der Waals surface area (Å²) >= 11 is 5.06. The molecule has 0 aliphatic rings. The zero-order valence-electron chi connectivity index (χ0n) is 13.1. The number of rotatable bonds is 8. The number of thiocarbonyl (C=S) groups is 1. The van der Waals surface area contributed by atoms with Crippen molar-refractivity contribution in [2.75, 3.05) is 41.6 Å². The van der Waals surface area contributed by atoms with Gasteiger partial charge in [-0.3, -0.25) is 5.43 Å². The van der Waals surface area contributed by atoms with Crippen molar-refractivity contribution < 1.29 is 18.9 Å². The van der Waals surface area contributed by atoms with E-state index in [-0.39, 0.29) is 0 Å². The summed E-state index contributed by atoms with van der Waals surface area (Å²) in [7, 11) is 6.30. The van der Waals surface area contributed by atoms with E-state index >= 15 is 0 Å². The normalized spacial score (nSPS) is 10.4. The van der Waals surface area contributed by atoms with Gasteiger partial charge in [0.15, 0.2) is 16.6 Å². The van der Waals surface area contributed by atoms with Crippen LogP contribution in [0, 0.1) is 0 Å². The highest BCUT2D eigenvalue weighted by molar-refractivity contribution is 7.80. The van der Waals surface area contributed by atoms with Crippen LogP contribution < -0.4 is 25.0 Å². The van der Waals surface area contributed by atoms with Gasteiger partial charge in [-0.05, 0) is 24.4 Å². The second-order valence-electron chi connectivity index (χ2n) is 4.04. The summed E-state index contributed by atoms with van der Waals surface area (Å²) in [5.74, 6) is 1.63. The first-order chi connectivity index (χ1) is 10.7. The largest absolute Gasteiger partial charge is 0.493 e. The van der Waals surface area contributed by atoms with Crippen molar-refractivity contribution in [2.24, 2.45) is 5.10 Å². The van der Waals surface area contributed by atoms with Gasteiger partial charge in [-0.25, -0.2) is 0 Å². The second-order valence-corrected chi connectivity index (χ2v) is 4.45. The van der Waals surface area contributed by atoms with Crippen molar-refractivity contribution in [1.82, 2.24) is 10.7 Å². The molecule has 0 unspecified atom stereocenters. The third kappa shape index (κ3) is 5.05. The van der Waals surface area contributed by atoms with E-state index in [2.05, 4.69) is 15.8 Å². The summed E-state index contributed by atoms with van der Waals surface area (Å²) in [5.41, 5.74) is 3.44. The molecule has 0 fully saturated rings. The van der Waals surface area contributed by atoms with Gasteiger partial charge in [0.2, 0.25) is 5.75 Å². The van der Waals surface area contributed by atoms with Crippen LogP contribution in [0.4, 0.5) is 0 Å². The van der Waals surface area contributed by atoms with Crippen molar-refractivity contribution in [3.63, 3.8) is 0 Å². The zero-order chi connectivity index (χ0) is 16.4. The molecule has 0 radical (unpaired) electrons. The lowest BCUT2D eigenvalue weighted by Gasteiger charge is -2.13. The van der Waals surface area contributed by atoms with Crippen LogP contribution >= 0.6 is 12.2 Å². The predicted octanol–water partition coefficient (Wildman–Crippen LogP) is 1.16. The molecule has 1 aromatic carbocycles. The highest BCUT2D eigenvalue weighted by atomic mass is 32.1. The van der Waals surface area contributed by atoms with Gasteiger partial charge in [-0.1, -0.05) is 0 Å². The highest BCUT2D eigenvalue weighted by Gasteiger charge is 2.14. The molecule has 0 saturated heterocycles. The van der Waals surface area contributed by atoms with Gasteiger partial charge in [-0.15, -0.1) is 0 Å². The van der Waals surface area contributed by atoms with E-state index in [1.807, 2.05) is 6.07 Å². The van der Waals surface area contributed by atoms with Crippen LogP contribution in [0.3, 0.4) is 0 Å². The van der Waals surface area contributed by atoms with Gasteiger partial charge < -0.3 is 24.3 Å². The second kappa shape index (κ2) is 9.80. The summed E-state index contributed by atoms with van der Waals surface area (Å²) in [6.07, 6.45) is 1.59. The molecule has 0 aromatic heterocycles. The first-order valence-corrected chi connectivity index (χ1v) is 6.93. The van der Waals surface area contributed by atoms with E-state index in [4.69, 9.17) is 31.2 Å². The smallest absolute Gasteiger partial charge is 0.203 e. The predicted molar refractivity (Wildman–Crippen MR) is 89.3 cm³/mol. The van der Waals surface area contributed by atoms with Gasteiger partial charge in [0, 0.05) is 19.2 Å². The maximum atomic E-state index is 5.36. The number of methoxy groups -OCH3 is 4. The minimum atomic E-state index is 0.410. The molecule has 122 valence electrons. The number of nitrogens with zero attached hydrogens (tertiary/aromatic N) is 1. The van der Waals surface area contributed by atoms with Crippen molar-refractivity contribution in [3.05, 3.63) is 17.7 Å². The van der Waals surface area contributed by atoms with Crippen molar-refractivity contribution >= 4 is 23.5 Å². The van der Waals surface area contributed by atoms with E-state index < -0.39 is 0 Å². The molecule has 0 aliphatic carbocycles. The Morgan fingerprint density at radius 3 is 2.45 bits per heavy atom. The van der Waals surface area contributed by atoms with Gasteiger partial charge in [0.05, 0.1) is 34.2 Å². The highest BCUT2D eigenvalue weighted by Crippen LogP contribution is 2.38. The number of hydrogen-bond donors (Lipinski definition) is 2. The Morgan fingerprint density at radius 2 is 1.86 bits per heavy atom. The molecule has 2 N–H and O–H groups in total.